The Bertz CT molecular complexity index is 1610. The Labute approximate surface area is 264 Å². The molecule has 0 saturated carbocycles. The minimum absolute atomic E-state index is 0.0393. The lowest BCUT2D eigenvalue weighted by atomic mass is 9.83. The highest BCUT2D eigenvalue weighted by Gasteiger charge is 2.56. The molecule has 1 fully saturated rings. The highest BCUT2D eigenvalue weighted by molar-refractivity contribution is 7.62. The Morgan fingerprint density at radius 2 is 1.31 bits per heavy atom. The molecule has 5 rings (SSSR count). The fourth-order valence-electron chi connectivity index (χ4n) is 5.70. The Morgan fingerprint density at radius 3 is 1.87 bits per heavy atom. The van der Waals surface area contributed by atoms with Gasteiger partial charge in [0.05, 0.1) is 18.5 Å². The van der Waals surface area contributed by atoms with Gasteiger partial charge in [0, 0.05) is 6.42 Å². The van der Waals surface area contributed by atoms with Crippen LogP contribution in [0.2, 0.25) is 0 Å². The standard InChI is InChI=1S/C36H38NO7P/c1-4-42-45(40,43-5-2)31-23-21-27(22-24-31)25-36(3)34(38)44-33(30-19-13-8-14-20-30)32(29-17-11-7-12-18-29)37(36)35(39)41-26-28-15-9-6-10-16-28/h6-24,32-33H,4-5,25-26H2,1-3H3/t32-,33+,36-/m0/s1. The normalized spacial score (nSPS) is 20.0. The van der Waals surface area contributed by atoms with Gasteiger partial charge in [-0.25, -0.2) is 9.59 Å². The number of carbonyl (C=O) groups excluding carboxylic acids is 2. The van der Waals surface area contributed by atoms with Crippen molar-refractivity contribution in [1.82, 2.24) is 4.90 Å². The number of ether oxygens (including phenoxy) is 2. The smallest absolute Gasteiger partial charge is 0.411 e. The van der Waals surface area contributed by atoms with Crippen LogP contribution < -0.4 is 5.30 Å². The molecular weight excluding hydrogens is 589 g/mol. The number of cyclic esters (lactones) is 1. The summed E-state index contributed by atoms with van der Waals surface area (Å²) >= 11 is 0. The van der Waals surface area contributed by atoms with Crippen molar-refractivity contribution < 1.29 is 32.7 Å². The third-order valence-electron chi connectivity index (χ3n) is 7.84. The van der Waals surface area contributed by atoms with E-state index in [2.05, 4.69) is 0 Å². The minimum atomic E-state index is -3.50. The van der Waals surface area contributed by atoms with Gasteiger partial charge >= 0.3 is 19.7 Å². The van der Waals surface area contributed by atoms with Crippen LogP contribution >= 0.6 is 7.60 Å². The molecule has 0 aromatic heterocycles. The zero-order chi connectivity index (χ0) is 31.9. The van der Waals surface area contributed by atoms with Gasteiger partial charge in [0.2, 0.25) is 0 Å². The quantitative estimate of drug-likeness (QED) is 0.125. The van der Waals surface area contributed by atoms with Gasteiger partial charge in [-0.15, -0.1) is 0 Å². The van der Waals surface area contributed by atoms with E-state index in [1.807, 2.05) is 91.0 Å². The van der Waals surface area contributed by atoms with Crippen LogP contribution in [0, 0.1) is 0 Å². The van der Waals surface area contributed by atoms with E-state index >= 15 is 0 Å². The first-order valence-electron chi connectivity index (χ1n) is 15.1. The summed E-state index contributed by atoms with van der Waals surface area (Å²) in [6.07, 6.45) is -1.30. The maximum absolute atomic E-state index is 14.2. The summed E-state index contributed by atoms with van der Waals surface area (Å²) in [5.41, 5.74) is 1.65. The number of carbonyl (C=O) groups is 2. The van der Waals surface area contributed by atoms with Gasteiger partial charge in [-0.3, -0.25) is 9.46 Å². The van der Waals surface area contributed by atoms with Crippen LogP contribution in [0.5, 0.6) is 0 Å². The molecule has 0 N–H and O–H groups in total. The molecule has 9 heteroatoms. The zero-order valence-corrected chi connectivity index (χ0v) is 26.6. The van der Waals surface area contributed by atoms with E-state index in [-0.39, 0.29) is 26.2 Å². The average Bonchev–Trinajstić information content (AvgIpc) is 3.06. The fourth-order valence-corrected chi connectivity index (χ4v) is 7.26. The second kappa shape index (κ2) is 14.2. The molecule has 45 heavy (non-hydrogen) atoms. The van der Waals surface area contributed by atoms with E-state index in [1.54, 1.807) is 45.0 Å². The Morgan fingerprint density at radius 1 is 0.778 bits per heavy atom. The molecule has 4 aromatic rings. The second-order valence-corrected chi connectivity index (χ2v) is 13.0. The highest BCUT2D eigenvalue weighted by Crippen LogP contribution is 2.48. The van der Waals surface area contributed by atoms with E-state index in [0.29, 0.717) is 5.30 Å². The number of rotatable bonds is 11. The van der Waals surface area contributed by atoms with Gasteiger partial charge in [-0.2, -0.15) is 0 Å². The summed E-state index contributed by atoms with van der Waals surface area (Å²) < 4.78 is 36.5. The Hall–Kier alpha value is -4.23. The summed E-state index contributed by atoms with van der Waals surface area (Å²) in [6.45, 7) is 5.71. The second-order valence-electron chi connectivity index (χ2n) is 11.0. The summed E-state index contributed by atoms with van der Waals surface area (Å²) in [7, 11) is -3.50. The van der Waals surface area contributed by atoms with Crippen molar-refractivity contribution >= 4 is 25.0 Å². The van der Waals surface area contributed by atoms with Crippen LogP contribution in [-0.2, 0) is 40.9 Å². The third kappa shape index (κ3) is 7.04. The number of morpholine rings is 1. The molecule has 1 aliphatic rings. The van der Waals surface area contributed by atoms with Crippen molar-refractivity contribution in [1.29, 1.82) is 0 Å². The molecule has 0 radical (unpaired) electrons. The van der Waals surface area contributed by atoms with Crippen LogP contribution in [0.25, 0.3) is 0 Å². The maximum atomic E-state index is 14.2. The van der Waals surface area contributed by atoms with E-state index < -0.39 is 37.3 Å². The number of hydrogen-bond donors (Lipinski definition) is 0. The summed E-state index contributed by atoms with van der Waals surface area (Å²) in [5, 5.41) is 0.414. The average molecular weight is 628 g/mol. The molecule has 234 valence electrons. The SMILES string of the molecule is CCOP(=O)(OCC)c1ccc(C[C@@]2(C)C(=O)O[C@H](c3ccccc3)[C@H](c3ccccc3)N2C(=O)OCc2ccccc2)cc1. The van der Waals surface area contributed by atoms with Gasteiger partial charge in [-0.1, -0.05) is 103 Å². The molecule has 0 unspecified atom stereocenters. The predicted octanol–water partition coefficient (Wildman–Crippen LogP) is 7.56. The monoisotopic (exact) mass is 627 g/mol. The molecule has 0 aliphatic carbocycles. The van der Waals surface area contributed by atoms with E-state index in [0.717, 1.165) is 22.3 Å². The zero-order valence-electron chi connectivity index (χ0n) is 25.7. The molecule has 8 nitrogen and oxygen atoms in total. The molecule has 1 heterocycles. The first kappa shape index (κ1) is 32.2. The molecule has 0 spiro atoms. The molecule has 1 saturated heterocycles. The van der Waals surface area contributed by atoms with Crippen molar-refractivity contribution in [3.8, 4) is 0 Å². The Balaban J connectivity index is 1.56. The first-order chi connectivity index (χ1) is 21.8. The molecule has 4 aromatic carbocycles. The van der Waals surface area contributed by atoms with Gasteiger partial charge in [0.25, 0.3) is 0 Å². The Kier molecular flexibility index (Phi) is 10.2. The van der Waals surface area contributed by atoms with Crippen molar-refractivity contribution in [2.24, 2.45) is 0 Å². The van der Waals surface area contributed by atoms with Crippen molar-refractivity contribution in [3.63, 3.8) is 0 Å². The lowest BCUT2D eigenvalue weighted by molar-refractivity contribution is -0.185. The van der Waals surface area contributed by atoms with Crippen LogP contribution in [-0.4, -0.2) is 35.7 Å². The number of benzene rings is 4. The number of hydrogen-bond acceptors (Lipinski definition) is 7. The van der Waals surface area contributed by atoms with Crippen molar-refractivity contribution in [2.45, 2.75) is 51.5 Å². The van der Waals surface area contributed by atoms with Crippen LogP contribution in [0.4, 0.5) is 4.79 Å². The molecule has 3 atom stereocenters. The predicted molar refractivity (Wildman–Crippen MR) is 172 cm³/mol. The summed E-state index contributed by atoms with van der Waals surface area (Å²) in [5.74, 6) is -0.557. The van der Waals surface area contributed by atoms with E-state index in [9.17, 15) is 14.2 Å². The largest absolute Gasteiger partial charge is 0.453 e. The van der Waals surface area contributed by atoms with Gasteiger partial charge in [-0.05, 0) is 55.2 Å². The van der Waals surface area contributed by atoms with Crippen LogP contribution in [0.1, 0.15) is 55.2 Å². The number of nitrogens with zero attached hydrogens (tertiary/aromatic N) is 1. The molecule has 1 amide bonds. The number of amides is 1. The summed E-state index contributed by atoms with van der Waals surface area (Å²) in [4.78, 5) is 29.9. The maximum Gasteiger partial charge on any atom is 0.411 e. The molecular formula is C36H38NO7P. The third-order valence-corrected chi connectivity index (χ3v) is 9.97. The van der Waals surface area contributed by atoms with E-state index in [1.165, 1.54) is 4.90 Å². The van der Waals surface area contributed by atoms with Gasteiger partial charge < -0.3 is 18.5 Å². The highest BCUT2D eigenvalue weighted by atomic mass is 31.2. The lowest BCUT2D eigenvalue weighted by Crippen LogP contribution is -2.63. The summed E-state index contributed by atoms with van der Waals surface area (Å²) in [6, 6.07) is 34.6. The number of esters is 1. The van der Waals surface area contributed by atoms with Crippen LogP contribution in [0.15, 0.2) is 115 Å². The molecule has 1 aliphatic heterocycles. The molecule has 0 bridgehead atoms. The van der Waals surface area contributed by atoms with E-state index in [4.69, 9.17) is 18.5 Å². The van der Waals surface area contributed by atoms with Crippen LogP contribution in [0.3, 0.4) is 0 Å². The van der Waals surface area contributed by atoms with Crippen molar-refractivity contribution in [3.05, 3.63) is 138 Å². The van der Waals surface area contributed by atoms with Gasteiger partial charge in [0.1, 0.15) is 18.2 Å². The van der Waals surface area contributed by atoms with Gasteiger partial charge in [0.15, 0.2) is 6.10 Å². The minimum Gasteiger partial charge on any atom is -0.453 e. The lowest BCUT2D eigenvalue weighted by Gasteiger charge is -2.50. The first-order valence-corrected chi connectivity index (χ1v) is 16.6. The van der Waals surface area contributed by atoms with Crippen molar-refractivity contribution in [2.75, 3.05) is 13.2 Å². The fraction of sp³-hybridized carbons (Fsp3) is 0.278. The topological polar surface area (TPSA) is 91.4 Å².